The monoisotopic (exact) mass is 147 g/mol. The molecule has 0 aromatic carbocycles. The van der Waals surface area contributed by atoms with Crippen LogP contribution >= 0.6 is 0 Å². The van der Waals surface area contributed by atoms with E-state index in [0.29, 0.717) is 0 Å². The Bertz CT molecular complexity index is 55.3. The minimum absolute atomic E-state index is 0. The summed E-state index contributed by atoms with van der Waals surface area (Å²) < 4.78 is 24.4. The van der Waals surface area contributed by atoms with Gasteiger partial charge in [0.05, 0.1) is 0 Å². The Morgan fingerprint density at radius 1 is 1.40 bits per heavy atom. The molecule has 3 nitrogen and oxygen atoms in total. The van der Waals surface area contributed by atoms with E-state index in [2.05, 4.69) is 0 Å². The molecule has 0 aromatic rings. The normalized spacial score (nSPS) is 5.00. The van der Waals surface area contributed by atoms with Crippen molar-refractivity contribution in [3.8, 4) is 0 Å². The van der Waals surface area contributed by atoms with Crippen molar-refractivity contribution in [2.45, 2.75) is 0 Å². The molecule has 25 valence electrons. The Morgan fingerprint density at radius 3 is 1.40 bits per heavy atom. The summed E-state index contributed by atoms with van der Waals surface area (Å²) in [6.45, 7) is 0. The molecule has 5 heavy (non-hydrogen) atoms. The smallest absolute Gasteiger partial charge is 0 e. The SMILES string of the molecule is O=[As](=O)O.[Na]. The second-order valence-corrected chi connectivity index (χ2v) is 1.24. The van der Waals surface area contributed by atoms with Crippen LogP contribution in [0.3, 0.4) is 0 Å². The summed E-state index contributed by atoms with van der Waals surface area (Å²) in [5.74, 6) is 0. The molecule has 0 aliphatic carbocycles. The fourth-order valence-electron chi connectivity index (χ4n) is 0. The zero-order valence-electron chi connectivity index (χ0n) is 2.71. The van der Waals surface area contributed by atoms with Gasteiger partial charge in [0.25, 0.3) is 0 Å². The third-order valence-corrected chi connectivity index (χ3v) is 0. The van der Waals surface area contributed by atoms with Crippen molar-refractivity contribution in [3.05, 3.63) is 0 Å². The average molecular weight is 147 g/mol. The van der Waals surface area contributed by atoms with Crippen molar-refractivity contribution in [1.29, 1.82) is 0 Å². The van der Waals surface area contributed by atoms with Crippen molar-refractivity contribution in [2.24, 2.45) is 0 Å². The quantitative estimate of drug-likeness (QED) is 0.421. The molecule has 0 saturated carbocycles. The van der Waals surface area contributed by atoms with Gasteiger partial charge < -0.3 is 0 Å². The first-order valence-electron chi connectivity index (χ1n) is 0.565. The molecule has 0 fully saturated rings. The first-order valence-corrected chi connectivity index (χ1v) is 2.94. The van der Waals surface area contributed by atoms with Crippen LogP contribution in [-0.4, -0.2) is 48.5 Å². The van der Waals surface area contributed by atoms with E-state index in [0.717, 1.165) is 0 Å². The molecule has 0 unspecified atom stereocenters. The third kappa shape index (κ3) is 39.8. The van der Waals surface area contributed by atoms with Crippen LogP contribution < -0.4 is 0 Å². The van der Waals surface area contributed by atoms with Crippen molar-refractivity contribution >= 4 is 44.4 Å². The predicted molar refractivity (Wildman–Crippen MR) is 15.1 cm³/mol. The van der Waals surface area contributed by atoms with Crippen LogP contribution in [0.2, 0.25) is 0 Å². The first-order chi connectivity index (χ1) is 1.73. The van der Waals surface area contributed by atoms with Crippen LogP contribution in [0.15, 0.2) is 0 Å². The molecule has 0 heterocycles. The van der Waals surface area contributed by atoms with Gasteiger partial charge in [-0.3, -0.25) is 0 Å². The molecule has 0 spiro atoms. The average Bonchev–Trinajstić information content (AvgIpc) is 0.811. The summed E-state index contributed by atoms with van der Waals surface area (Å²) in [5.41, 5.74) is 0. The molecule has 1 N–H and O–H groups in total. The van der Waals surface area contributed by atoms with Crippen molar-refractivity contribution in [1.82, 2.24) is 0 Å². The zero-order chi connectivity index (χ0) is 3.58. The van der Waals surface area contributed by atoms with Crippen LogP contribution in [0.25, 0.3) is 0 Å². The van der Waals surface area contributed by atoms with Gasteiger partial charge in [0, 0.05) is 29.6 Å². The Balaban J connectivity index is 0. The molecule has 0 rings (SSSR count). The van der Waals surface area contributed by atoms with Crippen LogP contribution in [-0.2, 0) is 7.48 Å². The van der Waals surface area contributed by atoms with Crippen molar-refractivity contribution in [3.63, 3.8) is 0 Å². The molecule has 0 aromatic heterocycles. The van der Waals surface area contributed by atoms with Gasteiger partial charge in [-0.15, -0.1) is 0 Å². The van der Waals surface area contributed by atoms with Gasteiger partial charge >= 0.3 is 26.4 Å². The molecule has 0 atom stereocenters. The summed E-state index contributed by atoms with van der Waals surface area (Å²) in [6, 6.07) is 0. The molecule has 0 amide bonds. The van der Waals surface area contributed by atoms with E-state index in [1.54, 1.807) is 0 Å². The van der Waals surface area contributed by atoms with Gasteiger partial charge in [0.1, 0.15) is 0 Å². The Morgan fingerprint density at radius 2 is 1.40 bits per heavy atom. The molecule has 0 saturated heterocycles. The minimum Gasteiger partial charge on any atom is 0 e. The fourth-order valence-corrected chi connectivity index (χ4v) is 0. The van der Waals surface area contributed by atoms with Gasteiger partial charge in [-0.25, -0.2) is 0 Å². The Kier molecular flexibility index (Phi) is 9.67. The zero-order valence-corrected chi connectivity index (χ0v) is 6.59. The molecule has 1 radical (unpaired) electrons. The van der Waals surface area contributed by atoms with Crippen LogP contribution in [0, 0.1) is 0 Å². The molecule has 0 bridgehead atoms. The van der Waals surface area contributed by atoms with E-state index in [9.17, 15) is 0 Å². The Hall–Kier alpha value is 1.12. The topological polar surface area (TPSA) is 54.4 Å². The van der Waals surface area contributed by atoms with Gasteiger partial charge in [-0.05, 0) is 0 Å². The largest absolute Gasteiger partial charge is 0 e. The summed E-state index contributed by atoms with van der Waals surface area (Å²) in [5, 5.41) is 0. The summed E-state index contributed by atoms with van der Waals surface area (Å²) >= 11 is -3.69. The molecule has 5 heteroatoms. The molecule has 0 aliphatic rings. The molecular weight excluding hydrogens is 146 g/mol. The molecule has 0 aliphatic heterocycles. The van der Waals surface area contributed by atoms with Gasteiger partial charge in [0.2, 0.25) is 0 Å². The van der Waals surface area contributed by atoms with E-state index in [4.69, 9.17) is 11.6 Å². The van der Waals surface area contributed by atoms with Crippen molar-refractivity contribution in [2.75, 3.05) is 0 Å². The van der Waals surface area contributed by atoms with Crippen LogP contribution in [0.1, 0.15) is 0 Å². The number of hydrogen-bond acceptors (Lipinski definition) is 2. The van der Waals surface area contributed by atoms with E-state index in [-0.39, 0.29) is 29.6 Å². The second kappa shape index (κ2) is 5.12. The van der Waals surface area contributed by atoms with Gasteiger partial charge in [0.15, 0.2) is 0 Å². The molecular formula is HAsNaO3. The minimum atomic E-state index is -3.69. The van der Waals surface area contributed by atoms with E-state index in [1.165, 1.54) is 0 Å². The summed E-state index contributed by atoms with van der Waals surface area (Å²) in [4.78, 5) is 0. The standard InChI is InChI=1S/AsHO3.Na/c2-1(3)4;/h(H,2,3,4);. The second-order valence-electron chi connectivity index (χ2n) is 0.238. The van der Waals surface area contributed by atoms with E-state index >= 15 is 0 Å². The maximum Gasteiger partial charge on any atom is 0 e. The summed E-state index contributed by atoms with van der Waals surface area (Å²) in [7, 11) is 0. The van der Waals surface area contributed by atoms with Gasteiger partial charge in [-0.2, -0.15) is 0 Å². The van der Waals surface area contributed by atoms with E-state index < -0.39 is 14.9 Å². The Labute approximate surface area is 55.7 Å². The summed E-state index contributed by atoms with van der Waals surface area (Å²) in [6.07, 6.45) is 0. The van der Waals surface area contributed by atoms with Crippen LogP contribution in [0.4, 0.5) is 0 Å². The maximum absolute atomic E-state index is 8.67. The van der Waals surface area contributed by atoms with E-state index in [1.807, 2.05) is 0 Å². The van der Waals surface area contributed by atoms with Crippen molar-refractivity contribution < 1.29 is 11.6 Å². The van der Waals surface area contributed by atoms with Gasteiger partial charge in [-0.1, -0.05) is 0 Å². The maximum atomic E-state index is 8.67. The van der Waals surface area contributed by atoms with Crippen LogP contribution in [0.5, 0.6) is 0 Å². The third-order valence-electron chi connectivity index (χ3n) is 0. The number of rotatable bonds is 0. The number of hydrogen-bond donors (Lipinski definition) is 1. The predicted octanol–water partition coefficient (Wildman–Crippen LogP) is -1.56. The first kappa shape index (κ1) is 9.45. The fraction of sp³-hybridized carbons (Fsp3) is 0.